The van der Waals surface area contributed by atoms with Crippen LogP contribution in [0.25, 0.3) is 0 Å². The number of nitrogens with one attached hydrogen (secondary N) is 1. The van der Waals surface area contributed by atoms with Gasteiger partial charge in [-0.3, -0.25) is 14.4 Å². The molecule has 2 amide bonds. The van der Waals surface area contributed by atoms with Gasteiger partial charge in [-0.15, -0.1) is 0 Å². The maximum atomic E-state index is 12.0. The van der Waals surface area contributed by atoms with E-state index in [2.05, 4.69) is 5.32 Å². The quantitative estimate of drug-likeness (QED) is 0.773. The van der Waals surface area contributed by atoms with Crippen molar-refractivity contribution in [1.29, 1.82) is 0 Å². The molecular formula is C14H22N2O4. The Morgan fingerprint density at radius 1 is 1.40 bits per heavy atom. The largest absolute Gasteiger partial charge is 0.481 e. The van der Waals surface area contributed by atoms with E-state index in [0.29, 0.717) is 12.6 Å². The van der Waals surface area contributed by atoms with Crippen LogP contribution in [-0.2, 0) is 14.4 Å². The van der Waals surface area contributed by atoms with Crippen molar-refractivity contribution in [1.82, 2.24) is 10.2 Å². The second-order valence-electron chi connectivity index (χ2n) is 5.87. The lowest BCUT2D eigenvalue weighted by atomic mass is 10.1. The molecule has 0 spiro atoms. The van der Waals surface area contributed by atoms with Gasteiger partial charge in [0.15, 0.2) is 0 Å². The maximum Gasteiger partial charge on any atom is 0.308 e. The lowest BCUT2D eigenvalue weighted by Gasteiger charge is -2.23. The number of aliphatic carboxylic acids is 1. The monoisotopic (exact) mass is 282 g/mol. The third kappa shape index (κ3) is 3.29. The number of hydrogen-bond acceptors (Lipinski definition) is 3. The van der Waals surface area contributed by atoms with Crippen molar-refractivity contribution in [3.8, 4) is 0 Å². The molecule has 0 aromatic carbocycles. The van der Waals surface area contributed by atoms with Crippen molar-refractivity contribution in [2.24, 2.45) is 11.8 Å². The summed E-state index contributed by atoms with van der Waals surface area (Å²) in [7, 11) is 0. The lowest BCUT2D eigenvalue weighted by molar-refractivity contribution is -0.141. The van der Waals surface area contributed by atoms with Gasteiger partial charge in [0, 0.05) is 25.6 Å². The fraction of sp³-hybridized carbons (Fsp3) is 0.786. The van der Waals surface area contributed by atoms with Gasteiger partial charge in [0.2, 0.25) is 11.8 Å². The molecule has 20 heavy (non-hydrogen) atoms. The number of rotatable bonds is 5. The molecule has 2 atom stereocenters. The summed E-state index contributed by atoms with van der Waals surface area (Å²) in [5, 5.41) is 11.4. The number of hydrogen-bond donors (Lipinski definition) is 2. The fourth-order valence-corrected chi connectivity index (χ4v) is 2.96. The zero-order valence-electron chi connectivity index (χ0n) is 11.8. The van der Waals surface area contributed by atoms with Crippen LogP contribution in [0.15, 0.2) is 0 Å². The minimum Gasteiger partial charge on any atom is -0.481 e. The molecule has 0 aromatic heterocycles. The van der Waals surface area contributed by atoms with Gasteiger partial charge in [-0.2, -0.15) is 0 Å². The minimum atomic E-state index is -0.930. The summed E-state index contributed by atoms with van der Waals surface area (Å²) >= 11 is 0. The van der Waals surface area contributed by atoms with Gasteiger partial charge in [0.25, 0.3) is 0 Å². The third-order valence-electron chi connectivity index (χ3n) is 4.30. The summed E-state index contributed by atoms with van der Waals surface area (Å²) < 4.78 is 0. The van der Waals surface area contributed by atoms with E-state index in [1.54, 1.807) is 6.92 Å². The van der Waals surface area contributed by atoms with E-state index in [0.717, 1.165) is 25.7 Å². The first-order chi connectivity index (χ1) is 9.49. The zero-order valence-corrected chi connectivity index (χ0v) is 11.8. The van der Waals surface area contributed by atoms with Gasteiger partial charge in [-0.05, 0) is 12.8 Å². The van der Waals surface area contributed by atoms with Crippen molar-refractivity contribution in [2.75, 3.05) is 13.1 Å². The predicted molar refractivity (Wildman–Crippen MR) is 71.9 cm³/mol. The Hall–Kier alpha value is -1.59. The molecule has 2 fully saturated rings. The summed E-state index contributed by atoms with van der Waals surface area (Å²) in [6, 6.07) is 0.304. The van der Waals surface area contributed by atoms with Crippen LogP contribution in [0, 0.1) is 11.8 Å². The summed E-state index contributed by atoms with van der Waals surface area (Å²) in [6.07, 6.45) is 4.64. The first-order valence-electron chi connectivity index (χ1n) is 7.29. The summed E-state index contributed by atoms with van der Waals surface area (Å²) in [4.78, 5) is 36.5. The van der Waals surface area contributed by atoms with Gasteiger partial charge in [-0.1, -0.05) is 19.8 Å². The molecule has 2 aliphatic rings. The molecular weight excluding hydrogens is 260 g/mol. The van der Waals surface area contributed by atoms with E-state index < -0.39 is 11.9 Å². The third-order valence-corrected chi connectivity index (χ3v) is 4.30. The van der Waals surface area contributed by atoms with Gasteiger partial charge < -0.3 is 15.3 Å². The fourth-order valence-electron chi connectivity index (χ4n) is 2.96. The molecule has 1 heterocycles. The van der Waals surface area contributed by atoms with Crippen LogP contribution < -0.4 is 5.32 Å². The van der Waals surface area contributed by atoms with Gasteiger partial charge >= 0.3 is 5.97 Å². The van der Waals surface area contributed by atoms with E-state index in [1.165, 1.54) is 0 Å². The smallest absolute Gasteiger partial charge is 0.308 e. The lowest BCUT2D eigenvalue weighted by Crippen LogP contribution is -2.38. The van der Waals surface area contributed by atoms with Gasteiger partial charge in [0.1, 0.15) is 0 Å². The average Bonchev–Trinajstić information content (AvgIpc) is 3.03. The maximum absolute atomic E-state index is 12.0. The molecule has 2 N–H and O–H groups in total. The molecule has 0 bridgehead atoms. The number of carbonyl (C=O) groups excluding carboxylic acids is 2. The standard InChI is InChI=1S/C14H22N2O4/c1-9(14(19)20)7-15-13(18)10-6-12(17)16(8-10)11-4-2-3-5-11/h9-11H,2-8H2,1H3,(H,15,18)(H,19,20). The molecule has 1 saturated carbocycles. The number of carboxylic acid groups (broad SMARTS) is 1. The van der Waals surface area contributed by atoms with E-state index in [-0.39, 0.29) is 30.7 Å². The van der Waals surface area contributed by atoms with Gasteiger partial charge in [-0.25, -0.2) is 0 Å². The minimum absolute atomic E-state index is 0.0586. The molecule has 2 rings (SSSR count). The van der Waals surface area contributed by atoms with Crippen LogP contribution in [0.3, 0.4) is 0 Å². The van der Waals surface area contributed by atoms with Crippen LogP contribution in [0.5, 0.6) is 0 Å². The number of nitrogens with zero attached hydrogens (tertiary/aromatic N) is 1. The molecule has 0 aromatic rings. The Balaban J connectivity index is 1.83. The molecule has 1 aliphatic heterocycles. The van der Waals surface area contributed by atoms with E-state index in [9.17, 15) is 14.4 Å². The van der Waals surface area contributed by atoms with Crippen LogP contribution in [0.4, 0.5) is 0 Å². The predicted octanol–water partition coefficient (Wildman–Crippen LogP) is 0.614. The SMILES string of the molecule is CC(CNC(=O)C1CC(=O)N(C2CCCC2)C1)C(=O)O. The topological polar surface area (TPSA) is 86.7 Å². The Morgan fingerprint density at radius 3 is 2.65 bits per heavy atom. The Labute approximate surface area is 118 Å². The second-order valence-corrected chi connectivity index (χ2v) is 5.87. The summed E-state index contributed by atoms with van der Waals surface area (Å²) in [5.41, 5.74) is 0. The van der Waals surface area contributed by atoms with Crippen LogP contribution in [0.2, 0.25) is 0 Å². The Kier molecular flexibility index (Phi) is 4.62. The zero-order chi connectivity index (χ0) is 14.7. The van der Waals surface area contributed by atoms with E-state index >= 15 is 0 Å². The highest BCUT2D eigenvalue weighted by Crippen LogP contribution is 2.29. The molecule has 2 unspecified atom stereocenters. The van der Waals surface area contributed by atoms with Crippen molar-refractivity contribution >= 4 is 17.8 Å². The molecule has 6 heteroatoms. The highest BCUT2D eigenvalue weighted by Gasteiger charge is 2.38. The Bertz CT molecular complexity index is 404. The van der Waals surface area contributed by atoms with E-state index in [1.807, 2.05) is 4.90 Å². The summed E-state index contributed by atoms with van der Waals surface area (Å²) in [5.74, 6) is -2.01. The first-order valence-corrected chi connectivity index (χ1v) is 7.29. The summed E-state index contributed by atoms with van der Waals surface area (Å²) in [6.45, 7) is 2.15. The molecule has 1 aliphatic carbocycles. The average molecular weight is 282 g/mol. The number of carbonyl (C=O) groups is 3. The normalized spacial score (nSPS) is 24.9. The number of carboxylic acids is 1. The second kappa shape index (κ2) is 6.24. The van der Waals surface area contributed by atoms with Crippen molar-refractivity contribution in [3.05, 3.63) is 0 Å². The number of amides is 2. The molecule has 0 radical (unpaired) electrons. The van der Waals surface area contributed by atoms with Crippen LogP contribution in [0.1, 0.15) is 39.0 Å². The van der Waals surface area contributed by atoms with E-state index in [4.69, 9.17) is 5.11 Å². The molecule has 6 nitrogen and oxygen atoms in total. The Morgan fingerprint density at radius 2 is 2.05 bits per heavy atom. The van der Waals surface area contributed by atoms with Crippen LogP contribution in [-0.4, -0.2) is 46.9 Å². The van der Waals surface area contributed by atoms with Gasteiger partial charge in [0.05, 0.1) is 11.8 Å². The number of likely N-dealkylation sites (tertiary alicyclic amines) is 1. The highest BCUT2D eigenvalue weighted by atomic mass is 16.4. The molecule has 1 saturated heterocycles. The van der Waals surface area contributed by atoms with Crippen molar-refractivity contribution in [2.45, 2.75) is 45.1 Å². The molecule has 112 valence electrons. The van der Waals surface area contributed by atoms with Crippen molar-refractivity contribution in [3.63, 3.8) is 0 Å². The van der Waals surface area contributed by atoms with Crippen molar-refractivity contribution < 1.29 is 19.5 Å². The highest BCUT2D eigenvalue weighted by molar-refractivity contribution is 5.89. The van der Waals surface area contributed by atoms with Crippen LogP contribution >= 0.6 is 0 Å². The first kappa shape index (κ1) is 14.8.